The van der Waals surface area contributed by atoms with E-state index in [0.29, 0.717) is 11.6 Å². The first kappa shape index (κ1) is 17.1. The van der Waals surface area contributed by atoms with E-state index in [1.54, 1.807) is 6.07 Å². The number of halogens is 2. The zero-order valence-electron chi connectivity index (χ0n) is 13.3. The second kappa shape index (κ2) is 6.46. The Morgan fingerprint density at radius 2 is 1.87 bits per heavy atom. The molecule has 1 unspecified atom stereocenters. The van der Waals surface area contributed by atoms with Crippen LogP contribution < -0.4 is 5.32 Å². The number of carbonyl (C=O) groups excluding carboxylic acids is 1. The van der Waals surface area contributed by atoms with E-state index in [-0.39, 0.29) is 18.0 Å². The van der Waals surface area contributed by atoms with Crippen LogP contribution in [0.25, 0.3) is 0 Å². The number of carbonyl (C=O) groups is 1. The first-order valence-corrected chi connectivity index (χ1v) is 7.24. The quantitative estimate of drug-likeness (QED) is 0.909. The first-order chi connectivity index (χ1) is 10.7. The van der Waals surface area contributed by atoms with Crippen molar-refractivity contribution >= 4 is 5.91 Å². The predicted octanol–water partition coefficient (Wildman–Crippen LogP) is 3.22. The van der Waals surface area contributed by atoms with Crippen molar-refractivity contribution in [3.8, 4) is 0 Å². The number of hydrogen-bond acceptors (Lipinski definition) is 2. The van der Waals surface area contributed by atoms with Crippen LogP contribution in [0.15, 0.2) is 36.4 Å². The van der Waals surface area contributed by atoms with Gasteiger partial charge in [0.2, 0.25) is 0 Å². The SMILES string of the molecule is Cc1ccc(C)c(C(=O)NCC(C)(O)c2ccc(F)cc2F)c1. The molecule has 122 valence electrons. The van der Waals surface area contributed by atoms with Gasteiger partial charge in [0.1, 0.15) is 17.2 Å². The highest BCUT2D eigenvalue weighted by molar-refractivity contribution is 5.95. The molecule has 1 amide bonds. The van der Waals surface area contributed by atoms with Gasteiger partial charge in [-0.2, -0.15) is 0 Å². The molecule has 23 heavy (non-hydrogen) atoms. The van der Waals surface area contributed by atoms with Crippen molar-refractivity contribution in [2.75, 3.05) is 6.54 Å². The van der Waals surface area contributed by atoms with Crippen LogP contribution in [0.1, 0.15) is 34.0 Å². The highest BCUT2D eigenvalue weighted by atomic mass is 19.1. The molecule has 1 atom stereocenters. The second-order valence-corrected chi connectivity index (χ2v) is 5.90. The highest BCUT2D eigenvalue weighted by Gasteiger charge is 2.27. The molecule has 0 spiro atoms. The van der Waals surface area contributed by atoms with Gasteiger partial charge >= 0.3 is 0 Å². The fourth-order valence-electron chi connectivity index (χ4n) is 2.35. The molecule has 0 aromatic heterocycles. The van der Waals surface area contributed by atoms with Gasteiger partial charge < -0.3 is 10.4 Å². The van der Waals surface area contributed by atoms with Crippen LogP contribution in [0.3, 0.4) is 0 Å². The molecule has 3 nitrogen and oxygen atoms in total. The molecule has 0 heterocycles. The van der Waals surface area contributed by atoms with E-state index in [1.807, 2.05) is 26.0 Å². The van der Waals surface area contributed by atoms with Gasteiger partial charge in [0.15, 0.2) is 0 Å². The summed E-state index contributed by atoms with van der Waals surface area (Å²) in [4.78, 5) is 12.3. The fourth-order valence-corrected chi connectivity index (χ4v) is 2.35. The van der Waals surface area contributed by atoms with E-state index < -0.39 is 17.2 Å². The molecule has 0 saturated carbocycles. The Labute approximate surface area is 134 Å². The summed E-state index contributed by atoms with van der Waals surface area (Å²) in [5.41, 5.74) is 0.531. The van der Waals surface area contributed by atoms with Crippen molar-refractivity contribution < 1.29 is 18.7 Å². The molecular formula is C18H19F2NO2. The van der Waals surface area contributed by atoms with Gasteiger partial charge in [-0.1, -0.05) is 23.8 Å². The Balaban J connectivity index is 2.15. The van der Waals surface area contributed by atoms with Crippen molar-refractivity contribution in [3.05, 3.63) is 70.3 Å². The molecule has 0 aliphatic carbocycles. The average molecular weight is 319 g/mol. The van der Waals surface area contributed by atoms with Gasteiger partial charge in [-0.15, -0.1) is 0 Å². The molecule has 2 aromatic rings. The van der Waals surface area contributed by atoms with Crippen molar-refractivity contribution in [2.24, 2.45) is 0 Å². The number of nitrogens with one attached hydrogen (secondary N) is 1. The van der Waals surface area contributed by atoms with Crippen LogP contribution in [0, 0.1) is 25.5 Å². The Kier molecular flexibility index (Phi) is 4.80. The van der Waals surface area contributed by atoms with Gasteiger partial charge in [0.25, 0.3) is 5.91 Å². The van der Waals surface area contributed by atoms with Gasteiger partial charge in [-0.05, 0) is 38.5 Å². The van der Waals surface area contributed by atoms with Crippen molar-refractivity contribution in [2.45, 2.75) is 26.4 Å². The smallest absolute Gasteiger partial charge is 0.251 e. The largest absolute Gasteiger partial charge is 0.383 e. The van der Waals surface area contributed by atoms with E-state index in [4.69, 9.17) is 0 Å². The number of amides is 1. The number of benzene rings is 2. The molecule has 0 aliphatic rings. The van der Waals surface area contributed by atoms with E-state index in [9.17, 15) is 18.7 Å². The third kappa shape index (κ3) is 3.93. The summed E-state index contributed by atoms with van der Waals surface area (Å²) in [6.45, 7) is 4.86. The summed E-state index contributed by atoms with van der Waals surface area (Å²) in [5, 5.41) is 13.0. The van der Waals surface area contributed by atoms with Crippen LogP contribution in [0.2, 0.25) is 0 Å². The maximum absolute atomic E-state index is 13.8. The molecule has 0 bridgehead atoms. The lowest BCUT2D eigenvalue weighted by Gasteiger charge is -2.25. The Hall–Kier alpha value is -2.27. The highest BCUT2D eigenvalue weighted by Crippen LogP contribution is 2.23. The number of hydrogen-bond donors (Lipinski definition) is 2. The van der Waals surface area contributed by atoms with Crippen molar-refractivity contribution in [1.29, 1.82) is 0 Å². The van der Waals surface area contributed by atoms with Crippen LogP contribution in [-0.4, -0.2) is 17.6 Å². The van der Waals surface area contributed by atoms with Crippen LogP contribution >= 0.6 is 0 Å². The minimum atomic E-state index is -1.65. The molecule has 2 N–H and O–H groups in total. The van der Waals surface area contributed by atoms with Crippen molar-refractivity contribution in [1.82, 2.24) is 5.32 Å². The van der Waals surface area contributed by atoms with E-state index in [2.05, 4.69) is 5.32 Å². The summed E-state index contributed by atoms with van der Waals surface area (Å²) >= 11 is 0. The van der Waals surface area contributed by atoms with E-state index >= 15 is 0 Å². The van der Waals surface area contributed by atoms with Crippen molar-refractivity contribution in [3.63, 3.8) is 0 Å². The maximum atomic E-state index is 13.8. The minimum absolute atomic E-state index is 0.0693. The molecule has 2 rings (SSSR count). The van der Waals surface area contributed by atoms with E-state index in [0.717, 1.165) is 17.2 Å². The topological polar surface area (TPSA) is 49.3 Å². The Morgan fingerprint density at radius 3 is 2.52 bits per heavy atom. The summed E-state index contributed by atoms with van der Waals surface area (Å²) < 4.78 is 26.8. The summed E-state index contributed by atoms with van der Waals surface area (Å²) in [6.07, 6.45) is 0. The number of aliphatic hydroxyl groups is 1. The van der Waals surface area contributed by atoms with Crippen LogP contribution in [-0.2, 0) is 5.60 Å². The summed E-state index contributed by atoms with van der Waals surface area (Å²) in [7, 11) is 0. The number of aryl methyl sites for hydroxylation is 2. The standard InChI is InChI=1S/C18H19F2NO2/c1-11-4-5-12(2)14(8-11)17(22)21-10-18(3,23)15-7-6-13(19)9-16(15)20/h4-9,23H,10H2,1-3H3,(H,21,22). The minimum Gasteiger partial charge on any atom is -0.383 e. The molecule has 0 fully saturated rings. The van der Waals surface area contributed by atoms with Gasteiger partial charge in [-0.25, -0.2) is 8.78 Å². The second-order valence-electron chi connectivity index (χ2n) is 5.90. The normalized spacial score (nSPS) is 13.5. The predicted molar refractivity (Wildman–Crippen MR) is 84.2 cm³/mol. The summed E-state index contributed by atoms with van der Waals surface area (Å²) in [6, 6.07) is 8.43. The van der Waals surface area contributed by atoms with E-state index in [1.165, 1.54) is 13.0 Å². The monoisotopic (exact) mass is 319 g/mol. The van der Waals surface area contributed by atoms with Gasteiger partial charge in [-0.3, -0.25) is 4.79 Å². The molecule has 0 aliphatic heterocycles. The fraction of sp³-hybridized carbons (Fsp3) is 0.278. The summed E-state index contributed by atoms with van der Waals surface area (Å²) in [5.74, 6) is -1.92. The zero-order valence-corrected chi connectivity index (χ0v) is 13.3. The van der Waals surface area contributed by atoms with Gasteiger partial charge in [0.05, 0.1) is 6.54 Å². The molecule has 0 radical (unpaired) electrons. The van der Waals surface area contributed by atoms with Crippen LogP contribution in [0.5, 0.6) is 0 Å². The lowest BCUT2D eigenvalue weighted by molar-refractivity contribution is 0.0494. The Bertz CT molecular complexity index is 742. The van der Waals surface area contributed by atoms with Gasteiger partial charge in [0, 0.05) is 17.2 Å². The lowest BCUT2D eigenvalue weighted by Crippen LogP contribution is -2.39. The van der Waals surface area contributed by atoms with Crippen LogP contribution in [0.4, 0.5) is 8.78 Å². The average Bonchev–Trinajstić information content (AvgIpc) is 2.47. The Morgan fingerprint density at radius 1 is 1.17 bits per heavy atom. The molecule has 0 saturated heterocycles. The molecule has 2 aromatic carbocycles. The molecular weight excluding hydrogens is 300 g/mol. The third-order valence-electron chi connectivity index (χ3n) is 3.74. The number of rotatable bonds is 4. The zero-order chi connectivity index (χ0) is 17.2. The molecule has 5 heteroatoms. The first-order valence-electron chi connectivity index (χ1n) is 7.24. The lowest BCUT2D eigenvalue weighted by atomic mass is 9.95. The maximum Gasteiger partial charge on any atom is 0.251 e. The third-order valence-corrected chi connectivity index (χ3v) is 3.74.